The molecule has 3 rings (SSSR count). The second-order valence-electron chi connectivity index (χ2n) is 6.88. The lowest BCUT2D eigenvalue weighted by Crippen LogP contribution is -2.41. The highest BCUT2D eigenvalue weighted by Gasteiger charge is 2.51. The van der Waals surface area contributed by atoms with Crippen LogP contribution >= 0.6 is 0 Å². The minimum absolute atomic E-state index is 0.270. The Hall–Kier alpha value is -1.59. The second-order valence-corrected chi connectivity index (χ2v) is 6.88. The standard InChI is InChI=1S/C17H21BO4/c1-16(2)17(3,4)22-18(21-16)14-7-6-11-8-13(15(19)20-5)9-12(11)10-14/h6-7,9-10H,8H2,1-5H3. The van der Waals surface area contributed by atoms with Gasteiger partial charge in [0.15, 0.2) is 0 Å². The Morgan fingerprint density at radius 1 is 1.18 bits per heavy atom. The maximum Gasteiger partial charge on any atom is 0.494 e. The van der Waals surface area contributed by atoms with Gasteiger partial charge in [0.05, 0.1) is 18.3 Å². The van der Waals surface area contributed by atoms with Gasteiger partial charge in [0.25, 0.3) is 0 Å². The van der Waals surface area contributed by atoms with E-state index in [0.717, 1.165) is 16.6 Å². The minimum Gasteiger partial charge on any atom is -0.466 e. The Bertz CT molecular complexity index is 645. The van der Waals surface area contributed by atoms with Crippen molar-refractivity contribution in [2.75, 3.05) is 7.11 Å². The van der Waals surface area contributed by atoms with E-state index in [9.17, 15) is 4.79 Å². The SMILES string of the molecule is COC(=O)C1=Cc2cc(B3OC(C)(C)C(C)(C)O3)ccc2C1. The highest BCUT2D eigenvalue weighted by Crippen LogP contribution is 2.36. The first kappa shape index (κ1) is 15.3. The van der Waals surface area contributed by atoms with Crippen molar-refractivity contribution in [1.82, 2.24) is 0 Å². The molecule has 2 aliphatic rings. The summed E-state index contributed by atoms with van der Waals surface area (Å²) in [6.07, 6.45) is 2.50. The molecule has 5 heteroatoms. The Morgan fingerprint density at radius 3 is 2.41 bits per heavy atom. The van der Waals surface area contributed by atoms with Gasteiger partial charge in [0.2, 0.25) is 0 Å². The smallest absolute Gasteiger partial charge is 0.466 e. The van der Waals surface area contributed by atoms with Crippen LogP contribution in [-0.2, 0) is 25.3 Å². The summed E-state index contributed by atoms with van der Waals surface area (Å²) in [5, 5.41) is 0. The van der Waals surface area contributed by atoms with Crippen molar-refractivity contribution in [3.05, 3.63) is 34.9 Å². The lowest BCUT2D eigenvalue weighted by Gasteiger charge is -2.32. The van der Waals surface area contributed by atoms with Crippen molar-refractivity contribution >= 4 is 24.6 Å². The van der Waals surface area contributed by atoms with Crippen molar-refractivity contribution in [1.29, 1.82) is 0 Å². The van der Waals surface area contributed by atoms with E-state index in [1.54, 1.807) is 0 Å². The predicted molar refractivity (Wildman–Crippen MR) is 85.9 cm³/mol. The number of fused-ring (bicyclic) bond motifs is 1. The third-order valence-corrected chi connectivity index (χ3v) is 4.85. The predicted octanol–water partition coefficient (Wildman–Crippen LogP) is 2.10. The molecular formula is C17H21BO4. The number of carbonyl (C=O) groups excluding carboxylic acids is 1. The monoisotopic (exact) mass is 300 g/mol. The van der Waals surface area contributed by atoms with Crippen LogP contribution in [0.3, 0.4) is 0 Å². The molecule has 0 unspecified atom stereocenters. The van der Waals surface area contributed by atoms with Crippen LogP contribution < -0.4 is 5.46 Å². The molecule has 0 bridgehead atoms. The van der Waals surface area contributed by atoms with Crippen molar-refractivity contribution in [3.8, 4) is 0 Å². The Morgan fingerprint density at radius 2 is 1.82 bits per heavy atom. The van der Waals surface area contributed by atoms with Gasteiger partial charge >= 0.3 is 13.1 Å². The molecule has 0 aromatic heterocycles. The molecule has 0 spiro atoms. The molecule has 1 saturated heterocycles. The van der Waals surface area contributed by atoms with Crippen molar-refractivity contribution in [2.24, 2.45) is 0 Å². The number of rotatable bonds is 2. The lowest BCUT2D eigenvalue weighted by molar-refractivity contribution is -0.136. The van der Waals surface area contributed by atoms with Gasteiger partial charge in [-0.3, -0.25) is 0 Å². The normalized spacial score (nSPS) is 21.5. The van der Waals surface area contributed by atoms with Gasteiger partial charge in [-0.15, -0.1) is 0 Å². The third kappa shape index (κ3) is 2.38. The highest BCUT2D eigenvalue weighted by molar-refractivity contribution is 6.62. The highest BCUT2D eigenvalue weighted by atomic mass is 16.7. The molecule has 1 aliphatic heterocycles. The van der Waals surface area contributed by atoms with Gasteiger partial charge in [-0.1, -0.05) is 18.2 Å². The zero-order valence-corrected chi connectivity index (χ0v) is 13.7. The summed E-state index contributed by atoms with van der Waals surface area (Å²) in [6, 6.07) is 6.07. The average Bonchev–Trinajstić information content (AvgIpc) is 2.96. The van der Waals surface area contributed by atoms with E-state index >= 15 is 0 Å². The molecule has 1 aromatic rings. The number of hydrogen-bond donors (Lipinski definition) is 0. The molecule has 1 aliphatic carbocycles. The van der Waals surface area contributed by atoms with Gasteiger partial charge in [-0.2, -0.15) is 0 Å². The zero-order chi connectivity index (χ0) is 16.1. The van der Waals surface area contributed by atoms with Crippen LogP contribution in [0.25, 0.3) is 6.08 Å². The fourth-order valence-electron chi connectivity index (χ4n) is 2.74. The molecule has 0 amide bonds. The lowest BCUT2D eigenvalue weighted by atomic mass is 9.78. The molecule has 0 atom stereocenters. The first-order valence-electron chi connectivity index (χ1n) is 7.51. The summed E-state index contributed by atoms with van der Waals surface area (Å²) in [5.74, 6) is -0.270. The molecule has 1 heterocycles. The van der Waals surface area contributed by atoms with Gasteiger partial charge in [-0.25, -0.2) is 4.79 Å². The molecule has 4 nitrogen and oxygen atoms in total. The summed E-state index contributed by atoms with van der Waals surface area (Å²) >= 11 is 0. The van der Waals surface area contributed by atoms with Crippen LogP contribution in [0.5, 0.6) is 0 Å². The van der Waals surface area contributed by atoms with E-state index in [1.807, 2.05) is 52.0 Å². The molecule has 1 aromatic carbocycles. The Kier molecular flexibility index (Phi) is 3.46. The maximum absolute atomic E-state index is 11.7. The third-order valence-electron chi connectivity index (χ3n) is 4.85. The first-order chi connectivity index (χ1) is 10.2. The fraction of sp³-hybridized carbons (Fsp3) is 0.471. The van der Waals surface area contributed by atoms with Crippen molar-refractivity contribution < 1.29 is 18.8 Å². The van der Waals surface area contributed by atoms with Crippen LogP contribution in [0.2, 0.25) is 0 Å². The first-order valence-corrected chi connectivity index (χ1v) is 7.51. The number of esters is 1. The molecule has 116 valence electrons. The van der Waals surface area contributed by atoms with Crippen LogP contribution in [0.15, 0.2) is 23.8 Å². The second kappa shape index (κ2) is 4.96. The number of hydrogen-bond acceptors (Lipinski definition) is 4. The van der Waals surface area contributed by atoms with Crippen LogP contribution in [-0.4, -0.2) is 31.4 Å². The van der Waals surface area contributed by atoms with E-state index in [4.69, 9.17) is 14.0 Å². The van der Waals surface area contributed by atoms with Gasteiger partial charge in [0, 0.05) is 12.0 Å². The Labute approximate surface area is 131 Å². The molecule has 22 heavy (non-hydrogen) atoms. The Balaban J connectivity index is 1.88. The van der Waals surface area contributed by atoms with Crippen molar-refractivity contribution in [2.45, 2.75) is 45.3 Å². The number of benzene rings is 1. The maximum atomic E-state index is 11.7. The van der Waals surface area contributed by atoms with E-state index in [0.29, 0.717) is 12.0 Å². The largest absolute Gasteiger partial charge is 0.494 e. The van der Waals surface area contributed by atoms with Crippen LogP contribution in [0, 0.1) is 0 Å². The van der Waals surface area contributed by atoms with E-state index < -0.39 is 0 Å². The molecule has 0 saturated carbocycles. The summed E-state index contributed by atoms with van der Waals surface area (Å²) in [4.78, 5) is 11.7. The van der Waals surface area contributed by atoms with Gasteiger partial charge in [-0.05, 0) is 50.4 Å². The summed E-state index contributed by atoms with van der Waals surface area (Å²) in [7, 11) is 1.02. The molecule has 0 radical (unpaired) electrons. The molecule has 0 N–H and O–H groups in total. The summed E-state index contributed by atoms with van der Waals surface area (Å²) < 4.78 is 16.9. The molecular weight excluding hydrogens is 279 g/mol. The van der Waals surface area contributed by atoms with Crippen molar-refractivity contribution in [3.63, 3.8) is 0 Å². The van der Waals surface area contributed by atoms with E-state index in [-0.39, 0.29) is 24.3 Å². The average molecular weight is 300 g/mol. The number of methoxy groups -OCH3 is 1. The van der Waals surface area contributed by atoms with E-state index in [2.05, 4.69) is 0 Å². The summed E-state index contributed by atoms with van der Waals surface area (Å²) in [5.41, 5.74) is 3.10. The number of carbonyl (C=O) groups is 1. The van der Waals surface area contributed by atoms with Crippen LogP contribution in [0.4, 0.5) is 0 Å². The quantitative estimate of drug-likeness (QED) is 0.620. The van der Waals surface area contributed by atoms with E-state index in [1.165, 1.54) is 7.11 Å². The number of ether oxygens (including phenoxy) is 1. The van der Waals surface area contributed by atoms with Gasteiger partial charge in [0.1, 0.15) is 0 Å². The fourth-order valence-corrected chi connectivity index (χ4v) is 2.74. The molecule has 1 fully saturated rings. The summed E-state index contributed by atoms with van der Waals surface area (Å²) in [6.45, 7) is 8.15. The van der Waals surface area contributed by atoms with Gasteiger partial charge < -0.3 is 14.0 Å². The minimum atomic E-state index is -0.383. The topological polar surface area (TPSA) is 44.8 Å². The zero-order valence-electron chi connectivity index (χ0n) is 13.7. The van der Waals surface area contributed by atoms with Crippen LogP contribution in [0.1, 0.15) is 38.8 Å².